The minimum atomic E-state index is -0.251. The number of rotatable bonds is 3. The second-order valence-corrected chi connectivity index (χ2v) is 4.96. The molecule has 2 aliphatic rings. The molecule has 1 atom stereocenters. The van der Waals surface area contributed by atoms with Gasteiger partial charge in [0.25, 0.3) is 0 Å². The smallest absolute Gasteiger partial charge is 0.410 e. The van der Waals surface area contributed by atoms with E-state index in [-0.39, 0.29) is 11.7 Å². The summed E-state index contributed by atoms with van der Waals surface area (Å²) in [7, 11) is 2.08. The predicted octanol–water partition coefficient (Wildman–Crippen LogP) is 0.252. The Kier molecular flexibility index (Phi) is 3.35. The van der Waals surface area contributed by atoms with Gasteiger partial charge in [0.05, 0.1) is 6.54 Å². The third kappa shape index (κ3) is 2.30. The molecule has 0 bridgehead atoms. The number of nitrogens with two attached hydrogens (primary N) is 1. The van der Waals surface area contributed by atoms with Gasteiger partial charge >= 0.3 is 6.09 Å². The lowest BCUT2D eigenvalue weighted by Gasteiger charge is -2.36. The molecule has 92 valence electrons. The minimum Gasteiger partial charge on any atom is -0.440 e. The van der Waals surface area contributed by atoms with Crippen molar-refractivity contribution in [3.8, 4) is 0 Å². The molecule has 0 saturated carbocycles. The van der Waals surface area contributed by atoms with Gasteiger partial charge in [0, 0.05) is 13.1 Å². The third-order valence-electron chi connectivity index (χ3n) is 3.40. The lowest BCUT2D eigenvalue weighted by atomic mass is 9.93. The van der Waals surface area contributed by atoms with Crippen LogP contribution in [0.15, 0.2) is 0 Å². The molecule has 5 nitrogen and oxygen atoms in total. The number of hydrogen-bond donors (Lipinski definition) is 1. The summed E-state index contributed by atoms with van der Waals surface area (Å²) in [6.07, 6.45) is 2.78. The standard InChI is InChI=1S/C11H21N3O2/c1-13-6-2-4-11(8-13)9-14(7-3-5-12)10(15)16-11/h2-9,12H2,1H3. The molecule has 0 aliphatic carbocycles. The molecule has 1 amide bonds. The van der Waals surface area contributed by atoms with Gasteiger partial charge in [-0.3, -0.25) is 0 Å². The Morgan fingerprint density at radius 2 is 2.31 bits per heavy atom. The third-order valence-corrected chi connectivity index (χ3v) is 3.40. The van der Waals surface area contributed by atoms with E-state index in [1.165, 1.54) is 0 Å². The second kappa shape index (κ2) is 4.59. The summed E-state index contributed by atoms with van der Waals surface area (Å²) in [4.78, 5) is 15.7. The van der Waals surface area contributed by atoms with Crippen LogP contribution in [0.4, 0.5) is 4.79 Å². The van der Waals surface area contributed by atoms with Gasteiger partial charge in [-0.25, -0.2) is 4.79 Å². The number of carbonyl (C=O) groups excluding carboxylic acids is 1. The Hall–Kier alpha value is -0.810. The molecular weight excluding hydrogens is 206 g/mol. The SMILES string of the molecule is CN1CCCC2(C1)CN(CCCN)C(=O)O2. The van der Waals surface area contributed by atoms with Gasteiger partial charge in [0.15, 0.2) is 0 Å². The van der Waals surface area contributed by atoms with Crippen molar-refractivity contribution in [3.05, 3.63) is 0 Å². The van der Waals surface area contributed by atoms with Crippen LogP contribution < -0.4 is 5.73 Å². The van der Waals surface area contributed by atoms with E-state index in [0.717, 1.165) is 45.4 Å². The normalized spacial score (nSPS) is 31.1. The summed E-state index contributed by atoms with van der Waals surface area (Å²) >= 11 is 0. The van der Waals surface area contributed by atoms with E-state index < -0.39 is 0 Å². The maximum Gasteiger partial charge on any atom is 0.410 e. The molecule has 2 rings (SSSR count). The summed E-state index contributed by atoms with van der Waals surface area (Å²) in [6.45, 7) is 4.04. The van der Waals surface area contributed by atoms with Crippen LogP contribution in [0, 0.1) is 0 Å². The lowest BCUT2D eigenvalue weighted by molar-refractivity contribution is -0.000653. The number of amides is 1. The van der Waals surface area contributed by atoms with Crippen LogP contribution in [-0.4, -0.2) is 61.3 Å². The number of nitrogens with zero attached hydrogens (tertiary/aromatic N) is 2. The van der Waals surface area contributed by atoms with Crippen molar-refractivity contribution in [1.82, 2.24) is 9.80 Å². The molecule has 1 spiro atoms. The average Bonchev–Trinajstić information content (AvgIpc) is 2.51. The first kappa shape index (κ1) is 11.7. The first-order chi connectivity index (χ1) is 7.65. The van der Waals surface area contributed by atoms with Gasteiger partial charge in [-0.15, -0.1) is 0 Å². The molecule has 0 aromatic carbocycles. The van der Waals surface area contributed by atoms with Crippen molar-refractivity contribution >= 4 is 6.09 Å². The number of likely N-dealkylation sites (N-methyl/N-ethyl adjacent to an activating group) is 1. The number of ether oxygens (including phenoxy) is 1. The molecule has 0 radical (unpaired) electrons. The van der Waals surface area contributed by atoms with Gasteiger partial charge in [-0.05, 0) is 39.4 Å². The second-order valence-electron chi connectivity index (χ2n) is 4.96. The van der Waals surface area contributed by atoms with Crippen molar-refractivity contribution in [1.29, 1.82) is 0 Å². The van der Waals surface area contributed by atoms with Crippen LogP contribution in [0.2, 0.25) is 0 Å². The first-order valence-corrected chi connectivity index (χ1v) is 6.02. The van der Waals surface area contributed by atoms with Crippen LogP contribution in [0.1, 0.15) is 19.3 Å². The van der Waals surface area contributed by atoms with Gasteiger partial charge < -0.3 is 20.3 Å². The van der Waals surface area contributed by atoms with E-state index in [1.54, 1.807) is 4.90 Å². The molecule has 1 unspecified atom stereocenters. The Morgan fingerprint density at radius 1 is 1.50 bits per heavy atom. The van der Waals surface area contributed by atoms with Crippen molar-refractivity contribution in [3.63, 3.8) is 0 Å². The average molecular weight is 227 g/mol. The molecule has 2 saturated heterocycles. The number of likely N-dealkylation sites (tertiary alicyclic amines) is 1. The fraction of sp³-hybridized carbons (Fsp3) is 0.909. The topological polar surface area (TPSA) is 58.8 Å². The van der Waals surface area contributed by atoms with Crippen LogP contribution in [-0.2, 0) is 4.74 Å². The number of hydrogen-bond acceptors (Lipinski definition) is 4. The highest BCUT2D eigenvalue weighted by Gasteiger charge is 2.46. The molecule has 0 aromatic heterocycles. The zero-order chi connectivity index (χ0) is 11.6. The van der Waals surface area contributed by atoms with Crippen LogP contribution in [0.25, 0.3) is 0 Å². The Bertz CT molecular complexity index is 272. The molecule has 2 aliphatic heterocycles. The van der Waals surface area contributed by atoms with Crippen molar-refractivity contribution in [2.75, 3.05) is 39.8 Å². The van der Waals surface area contributed by atoms with Gasteiger partial charge in [0.2, 0.25) is 0 Å². The fourth-order valence-electron chi connectivity index (χ4n) is 2.68. The van der Waals surface area contributed by atoms with E-state index in [9.17, 15) is 4.79 Å². The molecular formula is C11H21N3O2. The first-order valence-electron chi connectivity index (χ1n) is 6.02. The maximum atomic E-state index is 11.7. The van der Waals surface area contributed by atoms with E-state index >= 15 is 0 Å². The maximum absolute atomic E-state index is 11.7. The summed E-state index contributed by atoms with van der Waals surface area (Å²) in [6, 6.07) is 0. The minimum absolute atomic E-state index is 0.163. The van der Waals surface area contributed by atoms with Crippen molar-refractivity contribution in [2.45, 2.75) is 24.9 Å². The van der Waals surface area contributed by atoms with Crippen LogP contribution in [0.3, 0.4) is 0 Å². The quantitative estimate of drug-likeness (QED) is 0.751. The van der Waals surface area contributed by atoms with Gasteiger partial charge in [0.1, 0.15) is 5.60 Å². The zero-order valence-electron chi connectivity index (χ0n) is 9.95. The van der Waals surface area contributed by atoms with E-state index in [4.69, 9.17) is 10.5 Å². The highest BCUT2D eigenvalue weighted by atomic mass is 16.6. The highest BCUT2D eigenvalue weighted by Crippen LogP contribution is 2.31. The lowest BCUT2D eigenvalue weighted by Crippen LogP contribution is -2.49. The number of piperidine rings is 1. The number of carbonyl (C=O) groups is 1. The Balaban J connectivity index is 1.96. The molecule has 5 heteroatoms. The van der Waals surface area contributed by atoms with Crippen molar-refractivity contribution in [2.24, 2.45) is 5.73 Å². The molecule has 2 heterocycles. The Labute approximate surface area is 96.5 Å². The summed E-state index contributed by atoms with van der Waals surface area (Å²) < 4.78 is 5.57. The monoisotopic (exact) mass is 227 g/mol. The van der Waals surface area contributed by atoms with E-state index in [1.807, 2.05) is 0 Å². The summed E-state index contributed by atoms with van der Waals surface area (Å²) in [5, 5.41) is 0. The molecule has 16 heavy (non-hydrogen) atoms. The Morgan fingerprint density at radius 3 is 3.00 bits per heavy atom. The van der Waals surface area contributed by atoms with E-state index in [2.05, 4.69) is 11.9 Å². The van der Waals surface area contributed by atoms with Crippen LogP contribution in [0.5, 0.6) is 0 Å². The van der Waals surface area contributed by atoms with Crippen molar-refractivity contribution < 1.29 is 9.53 Å². The van der Waals surface area contributed by atoms with Gasteiger partial charge in [-0.1, -0.05) is 0 Å². The summed E-state index contributed by atoms with van der Waals surface area (Å²) in [5.41, 5.74) is 5.21. The van der Waals surface area contributed by atoms with Gasteiger partial charge in [-0.2, -0.15) is 0 Å². The fourth-order valence-corrected chi connectivity index (χ4v) is 2.68. The molecule has 2 fully saturated rings. The van der Waals surface area contributed by atoms with E-state index in [0.29, 0.717) is 6.54 Å². The highest BCUT2D eigenvalue weighted by molar-refractivity contribution is 5.70. The largest absolute Gasteiger partial charge is 0.440 e. The summed E-state index contributed by atoms with van der Waals surface area (Å²) in [5.74, 6) is 0. The van der Waals surface area contributed by atoms with Crippen LogP contribution >= 0.6 is 0 Å². The molecule has 0 aromatic rings. The zero-order valence-corrected chi connectivity index (χ0v) is 9.95. The molecule has 2 N–H and O–H groups in total. The predicted molar refractivity (Wildman–Crippen MR) is 61.2 cm³/mol.